The molecule has 1 aliphatic carbocycles. The van der Waals surface area contributed by atoms with Crippen molar-refractivity contribution in [1.29, 1.82) is 0 Å². The van der Waals surface area contributed by atoms with Crippen LogP contribution in [0.25, 0.3) is 0 Å². The Kier molecular flexibility index (Phi) is 5.11. The molecule has 0 aromatic carbocycles. The van der Waals surface area contributed by atoms with E-state index in [1.807, 2.05) is 24.8 Å². The molecule has 1 spiro atoms. The van der Waals surface area contributed by atoms with E-state index in [9.17, 15) is 4.79 Å². The number of carbonyl (C=O) groups excluding carboxylic acids is 1. The Balaban J connectivity index is 1.72. The largest absolute Gasteiger partial charge is 0.466 e. The van der Waals surface area contributed by atoms with E-state index in [1.165, 1.54) is 0 Å². The monoisotopic (exact) mass is 333 g/mol. The lowest BCUT2D eigenvalue weighted by molar-refractivity contribution is -0.132. The van der Waals surface area contributed by atoms with E-state index in [4.69, 9.17) is 13.9 Å². The van der Waals surface area contributed by atoms with Crippen molar-refractivity contribution in [3.63, 3.8) is 0 Å². The van der Waals surface area contributed by atoms with E-state index in [1.54, 1.807) is 6.08 Å². The highest BCUT2D eigenvalue weighted by molar-refractivity contribution is 5.95. The summed E-state index contributed by atoms with van der Waals surface area (Å²) in [6.07, 6.45) is 4.96. The highest BCUT2D eigenvalue weighted by Crippen LogP contribution is 2.41. The first kappa shape index (κ1) is 17.2. The topological polar surface area (TPSA) is 51.9 Å². The Morgan fingerprint density at radius 2 is 2.38 bits per heavy atom. The first-order chi connectivity index (χ1) is 11.6. The number of furan rings is 1. The molecule has 3 rings (SSSR count). The lowest BCUT2D eigenvalue weighted by atomic mass is 9.89. The Bertz CT molecular complexity index is 609. The minimum atomic E-state index is -0.262. The molecule has 0 radical (unpaired) electrons. The fourth-order valence-corrected chi connectivity index (χ4v) is 4.04. The number of morpholine rings is 1. The third kappa shape index (κ3) is 3.28. The summed E-state index contributed by atoms with van der Waals surface area (Å²) in [6, 6.07) is 1.83. The van der Waals surface area contributed by atoms with Gasteiger partial charge < -0.3 is 18.8 Å². The highest BCUT2D eigenvalue weighted by Gasteiger charge is 2.48. The summed E-state index contributed by atoms with van der Waals surface area (Å²) in [7, 11) is 0. The van der Waals surface area contributed by atoms with E-state index < -0.39 is 0 Å². The molecular weight excluding hydrogens is 306 g/mol. The van der Waals surface area contributed by atoms with Crippen LogP contribution in [0.2, 0.25) is 0 Å². The van der Waals surface area contributed by atoms with Crippen LogP contribution in [0, 0.1) is 19.8 Å². The molecule has 1 amide bonds. The molecule has 2 heterocycles. The predicted molar refractivity (Wildman–Crippen MR) is 91.1 cm³/mol. The second kappa shape index (κ2) is 7.11. The van der Waals surface area contributed by atoms with Gasteiger partial charge in [0.15, 0.2) is 0 Å². The Morgan fingerprint density at radius 3 is 3.08 bits per heavy atom. The summed E-state index contributed by atoms with van der Waals surface area (Å²) < 4.78 is 17.4. The number of carbonyl (C=O) groups is 1. The summed E-state index contributed by atoms with van der Waals surface area (Å²) in [5.41, 5.74) is 0.406. The fraction of sp³-hybridized carbons (Fsp3) is 0.632. The molecule has 1 aromatic heterocycles. The van der Waals surface area contributed by atoms with Gasteiger partial charge in [-0.25, -0.2) is 0 Å². The van der Waals surface area contributed by atoms with Gasteiger partial charge in [0.1, 0.15) is 11.5 Å². The molecule has 1 saturated carbocycles. The summed E-state index contributed by atoms with van der Waals surface area (Å²) in [5.74, 6) is 1.84. The molecule has 0 unspecified atom stereocenters. The molecule has 5 heteroatoms. The van der Waals surface area contributed by atoms with Crippen LogP contribution >= 0.6 is 0 Å². The van der Waals surface area contributed by atoms with Crippen LogP contribution in [0.15, 0.2) is 23.1 Å². The van der Waals surface area contributed by atoms with Gasteiger partial charge in [0.25, 0.3) is 5.91 Å². The van der Waals surface area contributed by atoms with Gasteiger partial charge in [0.2, 0.25) is 0 Å². The summed E-state index contributed by atoms with van der Waals surface area (Å²) in [4.78, 5) is 14.8. The molecular formula is C19H27NO4. The molecule has 1 aliphatic heterocycles. The van der Waals surface area contributed by atoms with Crippen molar-refractivity contribution in [3.05, 3.63) is 35.8 Å². The van der Waals surface area contributed by atoms with Crippen LogP contribution in [0.4, 0.5) is 0 Å². The third-order valence-electron chi connectivity index (χ3n) is 5.22. The van der Waals surface area contributed by atoms with E-state index in [0.29, 0.717) is 50.2 Å². The summed E-state index contributed by atoms with van der Waals surface area (Å²) in [5, 5.41) is 0. The molecule has 0 N–H and O–H groups in total. The second-order valence-corrected chi connectivity index (χ2v) is 6.88. The Hall–Kier alpha value is -1.59. The third-order valence-corrected chi connectivity index (χ3v) is 5.22. The van der Waals surface area contributed by atoms with Gasteiger partial charge in [0, 0.05) is 12.5 Å². The van der Waals surface area contributed by atoms with Crippen molar-refractivity contribution in [2.75, 3.05) is 32.9 Å². The molecule has 2 aliphatic rings. The van der Waals surface area contributed by atoms with Crippen LogP contribution < -0.4 is 0 Å². The number of ether oxygens (including phenoxy) is 2. The summed E-state index contributed by atoms with van der Waals surface area (Å²) >= 11 is 0. The number of hydrogen-bond acceptors (Lipinski definition) is 4. The Morgan fingerprint density at radius 1 is 1.54 bits per heavy atom. The van der Waals surface area contributed by atoms with E-state index in [2.05, 4.69) is 6.58 Å². The minimum absolute atomic E-state index is 0.0460. The van der Waals surface area contributed by atoms with Crippen LogP contribution in [0.3, 0.4) is 0 Å². The molecule has 2 fully saturated rings. The molecule has 132 valence electrons. The van der Waals surface area contributed by atoms with Gasteiger partial charge in [0.05, 0.1) is 37.5 Å². The Labute approximate surface area is 143 Å². The highest BCUT2D eigenvalue weighted by atomic mass is 16.5. The van der Waals surface area contributed by atoms with Crippen molar-refractivity contribution in [2.45, 2.75) is 38.7 Å². The molecule has 1 aromatic rings. The van der Waals surface area contributed by atoms with Crippen LogP contribution in [0.5, 0.6) is 0 Å². The van der Waals surface area contributed by atoms with Crippen LogP contribution in [0.1, 0.15) is 41.1 Å². The van der Waals surface area contributed by atoms with Crippen molar-refractivity contribution >= 4 is 5.91 Å². The number of hydrogen-bond donors (Lipinski definition) is 0. The van der Waals surface area contributed by atoms with Gasteiger partial charge >= 0.3 is 0 Å². The van der Waals surface area contributed by atoms with E-state index >= 15 is 0 Å². The van der Waals surface area contributed by atoms with Crippen molar-refractivity contribution < 1.29 is 18.7 Å². The van der Waals surface area contributed by atoms with Gasteiger partial charge in [-0.2, -0.15) is 0 Å². The standard InChI is InChI=1S/C19H27NO4/c1-4-9-22-12-16-6-5-7-19(16)13-20(8-10-23-19)18(21)17-11-14(2)24-15(17)3/h4,11,16H,1,5-10,12-13H2,2-3H3/t16-,19+/m0/s1. The summed E-state index contributed by atoms with van der Waals surface area (Å²) in [6.45, 7) is 10.5. The maximum atomic E-state index is 12.9. The quantitative estimate of drug-likeness (QED) is 0.614. The molecule has 2 atom stereocenters. The maximum Gasteiger partial charge on any atom is 0.257 e. The smallest absolute Gasteiger partial charge is 0.257 e. The van der Waals surface area contributed by atoms with Crippen LogP contribution in [-0.4, -0.2) is 49.3 Å². The molecule has 1 saturated heterocycles. The SMILES string of the molecule is C=CCOC[C@@H]1CCC[C@@]12CN(C(=O)c1cc(C)oc1C)CCO2. The second-order valence-electron chi connectivity index (χ2n) is 6.88. The van der Waals surface area contributed by atoms with Crippen molar-refractivity contribution in [1.82, 2.24) is 4.90 Å². The number of nitrogens with zero attached hydrogens (tertiary/aromatic N) is 1. The zero-order valence-corrected chi connectivity index (χ0v) is 14.7. The van der Waals surface area contributed by atoms with E-state index in [0.717, 1.165) is 25.0 Å². The van der Waals surface area contributed by atoms with Crippen molar-refractivity contribution in [2.24, 2.45) is 5.92 Å². The predicted octanol–water partition coefficient (Wildman–Crippen LogP) is 3.11. The zero-order valence-electron chi connectivity index (χ0n) is 14.7. The first-order valence-electron chi connectivity index (χ1n) is 8.74. The van der Waals surface area contributed by atoms with Gasteiger partial charge in [-0.3, -0.25) is 4.79 Å². The van der Waals surface area contributed by atoms with Crippen LogP contribution in [-0.2, 0) is 9.47 Å². The van der Waals surface area contributed by atoms with Gasteiger partial charge in [-0.15, -0.1) is 6.58 Å². The number of rotatable bonds is 5. The number of amides is 1. The van der Waals surface area contributed by atoms with Crippen molar-refractivity contribution in [3.8, 4) is 0 Å². The maximum absolute atomic E-state index is 12.9. The van der Waals surface area contributed by atoms with E-state index in [-0.39, 0.29) is 11.5 Å². The average molecular weight is 333 g/mol. The number of aryl methyl sites for hydroxylation is 2. The molecule has 0 bridgehead atoms. The first-order valence-corrected chi connectivity index (χ1v) is 8.74. The average Bonchev–Trinajstić information content (AvgIpc) is 3.10. The fourth-order valence-electron chi connectivity index (χ4n) is 4.04. The normalized spacial score (nSPS) is 26.9. The van der Waals surface area contributed by atoms with Gasteiger partial charge in [-0.05, 0) is 32.8 Å². The molecule has 24 heavy (non-hydrogen) atoms. The lowest BCUT2D eigenvalue weighted by Gasteiger charge is -2.44. The molecule has 5 nitrogen and oxygen atoms in total. The minimum Gasteiger partial charge on any atom is -0.466 e. The van der Waals surface area contributed by atoms with Gasteiger partial charge in [-0.1, -0.05) is 12.5 Å². The zero-order chi connectivity index (χ0) is 17.2. The lowest BCUT2D eigenvalue weighted by Crippen LogP contribution is -2.56.